The molecule has 4 rings (SSSR count). The van der Waals surface area contributed by atoms with E-state index in [9.17, 15) is 9.90 Å². The number of fused-ring (bicyclic) bond motifs is 1. The molecule has 2 amide bonds. The molecule has 2 unspecified atom stereocenters. The molecule has 0 spiro atoms. The lowest BCUT2D eigenvalue weighted by Gasteiger charge is -2.43. The van der Waals surface area contributed by atoms with Gasteiger partial charge in [-0.25, -0.2) is 4.79 Å². The Hall–Kier alpha value is -1.71. The zero-order valence-corrected chi connectivity index (χ0v) is 23.4. The number of likely N-dealkylation sites (N-methyl/N-ethyl adjacent to an activating group) is 1. The molecule has 1 aromatic carbocycles. The Balaban J connectivity index is 1.48. The first-order valence-electron chi connectivity index (χ1n) is 14.0. The van der Waals surface area contributed by atoms with Crippen molar-refractivity contribution in [1.29, 1.82) is 0 Å². The number of hydrogen-bond acceptors (Lipinski definition) is 6. The van der Waals surface area contributed by atoms with Crippen LogP contribution in [0.5, 0.6) is 0 Å². The Kier molecular flexibility index (Phi) is 10.6. The number of aliphatic hydroxyl groups is 1. The van der Waals surface area contributed by atoms with Gasteiger partial charge in [0.25, 0.3) is 0 Å². The van der Waals surface area contributed by atoms with Gasteiger partial charge in [0.15, 0.2) is 0 Å². The summed E-state index contributed by atoms with van der Waals surface area (Å²) in [6, 6.07) is 8.24. The molecule has 0 bridgehead atoms. The largest absolute Gasteiger partial charge is 0.385 e. The third-order valence-corrected chi connectivity index (χ3v) is 9.07. The number of benzene rings is 1. The smallest absolute Gasteiger partial charge is 0.317 e. The first-order chi connectivity index (χ1) is 18.0. The van der Waals surface area contributed by atoms with Gasteiger partial charge >= 0.3 is 6.03 Å². The molecular weight excluding hydrogens is 486 g/mol. The molecule has 206 valence electrons. The second-order valence-electron chi connectivity index (χ2n) is 10.8. The minimum atomic E-state index is -1.19. The number of thiophene rings is 1. The summed E-state index contributed by atoms with van der Waals surface area (Å²) in [6.07, 6.45) is 9.21. The van der Waals surface area contributed by atoms with Gasteiger partial charge in [0.2, 0.25) is 0 Å². The summed E-state index contributed by atoms with van der Waals surface area (Å²) in [4.78, 5) is 15.3. The molecule has 2 aliphatic rings. The molecular formula is C29H45N3O4S. The van der Waals surface area contributed by atoms with Crippen LogP contribution in [0.3, 0.4) is 0 Å². The molecule has 3 atom stereocenters. The van der Waals surface area contributed by atoms with Crippen LogP contribution in [0.2, 0.25) is 0 Å². The highest BCUT2D eigenvalue weighted by atomic mass is 32.1. The van der Waals surface area contributed by atoms with Crippen LogP contribution in [-0.2, 0) is 15.1 Å². The van der Waals surface area contributed by atoms with E-state index < -0.39 is 11.7 Å². The summed E-state index contributed by atoms with van der Waals surface area (Å²) >= 11 is 1.65. The van der Waals surface area contributed by atoms with Crippen LogP contribution in [0.25, 0.3) is 10.1 Å². The maximum Gasteiger partial charge on any atom is 0.317 e. The third-order valence-electron chi connectivity index (χ3n) is 8.11. The summed E-state index contributed by atoms with van der Waals surface area (Å²) in [5.74, 6) is 0.688. The van der Waals surface area contributed by atoms with E-state index in [1.165, 1.54) is 32.1 Å². The van der Waals surface area contributed by atoms with E-state index in [0.717, 1.165) is 41.5 Å². The summed E-state index contributed by atoms with van der Waals surface area (Å²) in [6.45, 7) is 2.73. The molecule has 2 aromatic rings. The van der Waals surface area contributed by atoms with Gasteiger partial charge in [-0.2, -0.15) is 0 Å². The number of amides is 2. The van der Waals surface area contributed by atoms with Crippen molar-refractivity contribution < 1.29 is 19.4 Å². The van der Waals surface area contributed by atoms with Gasteiger partial charge in [-0.1, -0.05) is 50.3 Å². The number of methoxy groups -OCH3 is 1. The van der Waals surface area contributed by atoms with Crippen LogP contribution in [0.1, 0.15) is 63.4 Å². The minimum absolute atomic E-state index is 0.0552. The van der Waals surface area contributed by atoms with Gasteiger partial charge in [-0.05, 0) is 55.5 Å². The van der Waals surface area contributed by atoms with E-state index in [2.05, 4.69) is 28.1 Å². The Labute approximate surface area is 225 Å². The predicted octanol–water partition coefficient (Wildman–Crippen LogP) is 4.87. The first kappa shape index (κ1) is 28.3. The standard InChI is InChI=1S/C29H45N3O4S/c1-30-20-24(19-22-9-4-3-5-10-22)31-28(33)32-15-17-36-26(21-32)29(34,14-6-7-16-35-2)25-12-8-11-23-13-18-37-27(23)25/h8,11-13,18,22,24,26,30,34H,3-7,9-10,14-17,19-21H2,1-2H3,(H,31,33)/t24-,26?,29?/m0/s1. The third kappa shape index (κ3) is 7.24. The van der Waals surface area contributed by atoms with Crippen molar-refractivity contribution in [3.8, 4) is 0 Å². The van der Waals surface area contributed by atoms with Gasteiger partial charge in [-0.3, -0.25) is 0 Å². The monoisotopic (exact) mass is 531 g/mol. The lowest BCUT2D eigenvalue weighted by atomic mass is 9.82. The van der Waals surface area contributed by atoms with Crippen molar-refractivity contribution in [1.82, 2.24) is 15.5 Å². The van der Waals surface area contributed by atoms with Gasteiger partial charge in [-0.15, -0.1) is 11.3 Å². The van der Waals surface area contributed by atoms with E-state index in [1.54, 1.807) is 18.4 Å². The van der Waals surface area contributed by atoms with E-state index in [1.807, 2.05) is 24.1 Å². The Morgan fingerprint density at radius 2 is 2.11 bits per heavy atom. The number of carbonyl (C=O) groups excluding carboxylic acids is 1. The number of hydrogen-bond donors (Lipinski definition) is 3. The number of rotatable bonds is 12. The molecule has 1 aliphatic heterocycles. The summed E-state index contributed by atoms with van der Waals surface area (Å²) in [5.41, 5.74) is -0.293. The number of nitrogens with one attached hydrogen (secondary N) is 2. The summed E-state index contributed by atoms with van der Waals surface area (Å²) in [7, 11) is 3.65. The Morgan fingerprint density at radius 1 is 1.27 bits per heavy atom. The second kappa shape index (κ2) is 13.9. The van der Waals surface area contributed by atoms with Crippen molar-refractivity contribution in [2.75, 3.05) is 47.0 Å². The number of carbonyl (C=O) groups is 1. The number of unbranched alkanes of at least 4 members (excludes halogenated alkanes) is 1. The average Bonchev–Trinajstić information content (AvgIpc) is 3.41. The number of ether oxygens (including phenoxy) is 2. The minimum Gasteiger partial charge on any atom is -0.385 e. The van der Waals surface area contributed by atoms with Crippen molar-refractivity contribution >= 4 is 27.5 Å². The fourth-order valence-corrected chi connectivity index (χ4v) is 7.09. The van der Waals surface area contributed by atoms with Gasteiger partial charge in [0.1, 0.15) is 11.7 Å². The normalized spacial score (nSPS) is 21.6. The number of morpholine rings is 1. The highest BCUT2D eigenvalue weighted by Crippen LogP contribution is 2.40. The number of urea groups is 1. The first-order valence-corrected chi connectivity index (χ1v) is 14.9. The highest BCUT2D eigenvalue weighted by Gasteiger charge is 2.43. The molecule has 37 heavy (non-hydrogen) atoms. The quantitative estimate of drug-likeness (QED) is 0.340. The van der Waals surface area contributed by atoms with Gasteiger partial charge in [0.05, 0.1) is 13.2 Å². The van der Waals surface area contributed by atoms with Crippen LogP contribution in [0, 0.1) is 5.92 Å². The highest BCUT2D eigenvalue weighted by molar-refractivity contribution is 7.17. The Bertz CT molecular complexity index is 979. The number of nitrogens with zero attached hydrogens (tertiary/aromatic N) is 1. The molecule has 8 heteroatoms. The molecule has 3 N–H and O–H groups in total. The van der Waals surface area contributed by atoms with Gasteiger partial charge in [0, 0.05) is 43.1 Å². The molecule has 1 aliphatic carbocycles. The fraction of sp³-hybridized carbons (Fsp3) is 0.690. The molecule has 0 radical (unpaired) electrons. The molecule has 1 saturated carbocycles. The lowest BCUT2D eigenvalue weighted by Crippen LogP contribution is -2.58. The molecule has 2 fully saturated rings. The molecule has 1 aromatic heterocycles. The van der Waals surface area contributed by atoms with E-state index in [4.69, 9.17) is 9.47 Å². The van der Waals surface area contributed by atoms with E-state index in [-0.39, 0.29) is 12.1 Å². The lowest BCUT2D eigenvalue weighted by molar-refractivity contribution is -0.145. The Morgan fingerprint density at radius 3 is 2.89 bits per heavy atom. The van der Waals surface area contributed by atoms with E-state index >= 15 is 0 Å². The van der Waals surface area contributed by atoms with E-state index in [0.29, 0.717) is 38.6 Å². The van der Waals surface area contributed by atoms with Gasteiger partial charge < -0.3 is 30.1 Å². The SMILES string of the molecule is CNC[C@H](CC1CCCCC1)NC(=O)N1CCOC(C(O)(CCCCOC)c2cccc3ccsc23)C1. The fourth-order valence-electron chi connectivity index (χ4n) is 6.10. The second-order valence-corrected chi connectivity index (χ2v) is 11.7. The van der Waals surface area contributed by atoms with Crippen molar-refractivity contribution in [3.05, 3.63) is 35.2 Å². The van der Waals surface area contributed by atoms with Crippen molar-refractivity contribution in [3.63, 3.8) is 0 Å². The van der Waals surface area contributed by atoms with Crippen LogP contribution in [0.15, 0.2) is 29.6 Å². The maximum atomic E-state index is 13.4. The molecule has 7 nitrogen and oxygen atoms in total. The van der Waals surface area contributed by atoms with Crippen LogP contribution in [0.4, 0.5) is 4.79 Å². The maximum absolute atomic E-state index is 13.4. The van der Waals surface area contributed by atoms with Crippen LogP contribution < -0.4 is 10.6 Å². The predicted molar refractivity (Wildman–Crippen MR) is 150 cm³/mol. The summed E-state index contributed by atoms with van der Waals surface area (Å²) in [5, 5.41) is 22.0. The van der Waals surface area contributed by atoms with Crippen LogP contribution >= 0.6 is 11.3 Å². The van der Waals surface area contributed by atoms with Crippen molar-refractivity contribution in [2.45, 2.75) is 75.5 Å². The topological polar surface area (TPSA) is 83.1 Å². The summed E-state index contributed by atoms with van der Waals surface area (Å²) < 4.78 is 12.6. The zero-order chi connectivity index (χ0) is 26.1. The molecule has 1 saturated heterocycles. The van der Waals surface area contributed by atoms with Crippen LogP contribution in [-0.4, -0.2) is 75.2 Å². The zero-order valence-electron chi connectivity index (χ0n) is 22.5. The average molecular weight is 532 g/mol. The molecule has 2 heterocycles. The van der Waals surface area contributed by atoms with Crippen molar-refractivity contribution in [2.24, 2.45) is 5.92 Å².